The number of aliphatic hydroxyl groups is 1. The molecule has 1 atom stereocenters. The molecule has 1 unspecified atom stereocenters. The second-order valence-electron chi connectivity index (χ2n) is 14.1. The van der Waals surface area contributed by atoms with Gasteiger partial charge in [0.15, 0.2) is 6.10 Å². The fourth-order valence-corrected chi connectivity index (χ4v) is 6.06. The zero-order chi connectivity index (χ0) is 35.0. The van der Waals surface area contributed by atoms with E-state index in [1.54, 1.807) is 0 Å². The fraction of sp³-hybridized carbons (Fsp3) is 0.860. The third-order valence-electron chi connectivity index (χ3n) is 9.25. The summed E-state index contributed by atoms with van der Waals surface area (Å²) in [5.74, 6) is -0.590. The Bertz CT molecular complexity index is 731. The number of aliphatic hydroxyl groups excluding tert-OH is 1. The maximum atomic E-state index is 12.2. The summed E-state index contributed by atoms with van der Waals surface area (Å²) in [5.41, 5.74) is 0. The van der Waals surface area contributed by atoms with E-state index in [-0.39, 0.29) is 25.2 Å². The third kappa shape index (κ3) is 37.2. The molecule has 0 aromatic heterocycles. The standard InChI is InChI=1S/C43H80O5/c1-3-5-7-9-11-13-15-17-19-21-23-25-27-29-31-33-35-37-42(45)47-40-41(39-44)48-43(46)38-36-34-32-30-28-26-24-22-20-18-16-14-12-10-8-6-4-2/h12,14,18,20,41,44H,3-11,13,15-17,19,21-40H2,1-2H3/b14-12-,20-18-. The highest BCUT2D eigenvalue weighted by molar-refractivity contribution is 5.70. The molecule has 0 aromatic rings. The van der Waals surface area contributed by atoms with Crippen LogP contribution in [0.5, 0.6) is 0 Å². The summed E-state index contributed by atoms with van der Waals surface area (Å²) in [6, 6.07) is 0. The maximum Gasteiger partial charge on any atom is 0.306 e. The molecule has 0 saturated heterocycles. The van der Waals surface area contributed by atoms with Gasteiger partial charge in [0.05, 0.1) is 6.61 Å². The van der Waals surface area contributed by atoms with Gasteiger partial charge in [-0.15, -0.1) is 0 Å². The Balaban J connectivity index is 3.52. The minimum atomic E-state index is -0.770. The van der Waals surface area contributed by atoms with Gasteiger partial charge in [-0.3, -0.25) is 9.59 Å². The van der Waals surface area contributed by atoms with E-state index in [4.69, 9.17) is 9.47 Å². The second-order valence-corrected chi connectivity index (χ2v) is 14.1. The molecular formula is C43H80O5. The molecule has 48 heavy (non-hydrogen) atoms. The Labute approximate surface area is 298 Å². The number of unbranched alkanes of at least 4 members (excludes halogenated alkanes) is 26. The summed E-state index contributed by atoms with van der Waals surface area (Å²) >= 11 is 0. The van der Waals surface area contributed by atoms with Gasteiger partial charge in [-0.25, -0.2) is 0 Å². The first kappa shape index (κ1) is 46.4. The first-order valence-corrected chi connectivity index (χ1v) is 20.9. The van der Waals surface area contributed by atoms with Crippen molar-refractivity contribution in [1.82, 2.24) is 0 Å². The molecule has 0 bridgehead atoms. The minimum absolute atomic E-state index is 0.0645. The van der Waals surface area contributed by atoms with E-state index < -0.39 is 6.10 Å². The van der Waals surface area contributed by atoms with Crippen molar-refractivity contribution in [3.8, 4) is 0 Å². The lowest BCUT2D eigenvalue weighted by molar-refractivity contribution is -0.161. The van der Waals surface area contributed by atoms with E-state index in [2.05, 4.69) is 38.2 Å². The highest BCUT2D eigenvalue weighted by Crippen LogP contribution is 2.15. The minimum Gasteiger partial charge on any atom is -0.462 e. The van der Waals surface area contributed by atoms with Gasteiger partial charge >= 0.3 is 11.9 Å². The Kier molecular flexibility index (Phi) is 38.5. The summed E-state index contributed by atoms with van der Waals surface area (Å²) in [5, 5.41) is 9.56. The molecule has 0 aliphatic carbocycles. The molecule has 0 aliphatic heterocycles. The Hall–Kier alpha value is -1.62. The zero-order valence-electron chi connectivity index (χ0n) is 32.0. The van der Waals surface area contributed by atoms with Crippen LogP contribution in [0.25, 0.3) is 0 Å². The lowest BCUT2D eigenvalue weighted by Crippen LogP contribution is -2.28. The first-order valence-electron chi connectivity index (χ1n) is 20.9. The molecule has 282 valence electrons. The summed E-state index contributed by atoms with van der Waals surface area (Å²) in [7, 11) is 0. The van der Waals surface area contributed by atoms with Crippen LogP contribution < -0.4 is 0 Å². The molecule has 0 amide bonds. The molecule has 5 nitrogen and oxygen atoms in total. The van der Waals surface area contributed by atoms with Crippen LogP contribution in [-0.4, -0.2) is 36.4 Å². The van der Waals surface area contributed by atoms with Gasteiger partial charge in [-0.1, -0.05) is 186 Å². The lowest BCUT2D eigenvalue weighted by Gasteiger charge is -2.15. The van der Waals surface area contributed by atoms with Gasteiger partial charge in [0.25, 0.3) is 0 Å². The molecule has 5 heteroatoms. The monoisotopic (exact) mass is 677 g/mol. The second kappa shape index (κ2) is 39.8. The number of allylic oxidation sites excluding steroid dienone is 4. The molecule has 1 N–H and O–H groups in total. The Morgan fingerprint density at radius 2 is 0.833 bits per heavy atom. The number of ether oxygens (including phenoxy) is 2. The van der Waals surface area contributed by atoms with Crippen LogP contribution >= 0.6 is 0 Å². The van der Waals surface area contributed by atoms with Gasteiger partial charge in [0.2, 0.25) is 0 Å². The van der Waals surface area contributed by atoms with E-state index in [9.17, 15) is 14.7 Å². The summed E-state index contributed by atoms with van der Waals surface area (Å²) < 4.78 is 10.6. The lowest BCUT2D eigenvalue weighted by atomic mass is 10.0. The third-order valence-corrected chi connectivity index (χ3v) is 9.25. The maximum absolute atomic E-state index is 12.2. The largest absolute Gasteiger partial charge is 0.462 e. The number of rotatable bonds is 38. The van der Waals surface area contributed by atoms with Crippen LogP contribution in [0.4, 0.5) is 0 Å². The molecule has 0 aliphatic rings. The van der Waals surface area contributed by atoms with Crippen molar-refractivity contribution in [2.24, 2.45) is 0 Å². The number of hydrogen-bond donors (Lipinski definition) is 1. The van der Waals surface area contributed by atoms with Crippen molar-refractivity contribution in [3.05, 3.63) is 24.3 Å². The van der Waals surface area contributed by atoms with Crippen LogP contribution in [0.3, 0.4) is 0 Å². The smallest absolute Gasteiger partial charge is 0.306 e. The Morgan fingerprint density at radius 1 is 0.479 bits per heavy atom. The van der Waals surface area contributed by atoms with Crippen molar-refractivity contribution in [3.63, 3.8) is 0 Å². The molecule has 0 radical (unpaired) electrons. The van der Waals surface area contributed by atoms with Crippen molar-refractivity contribution < 1.29 is 24.2 Å². The van der Waals surface area contributed by atoms with Crippen LogP contribution in [0.2, 0.25) is 0 Å². The van der Waals surface area contributed by atoms with E-state index >= 15 is 0 Å². The summed E-state index contributed by atoms with van der Waals surface area (Å²) in [4.78, 5) is 24.3. The number of carbonyl (C=O) groups is 2. The van der Waals surface area contributed by atoms with E-state index in [0.29, 0.717) is 12.8 Å². The summed E-state index contributed by atoms with van der Waals surface area (Å²) in [6.07, 6.45) is 46.7. The molecule has 0 rings (SSSR count). The van der Waals surface area contributed by atoms with Crippen molar-refractivity contribution >= 4 is 11.9 Å². The van der Waals surface area contributed by atoms with Crippen LogP contribution in [-0.2, 0) is 19.1 Å². The quantitative estimate of drug-likeness (QED) is 0.0400. The molecule has 0 fully saturated rings. The normalized spacial score (nSPS) is 12.3. The van der Waals surface area contributed by atoms with E-state index in [0.717, 1.165) is 51.4 Å². The average Bonchev–Trinajstić information content (AvgIpc) is 3.09. The predicted molar refractivity (Wildman–Crippen MR) is 205 cm³/mol. The highest BCUT2D eigenvalue weighted by Gasteiger charge is 2.16. The summed E-state index contributed by atoms with van der Waals surface area (Å²) in [6.45, 7) is 4.12. The average molecular weight is 677 g/mol. The molecule has 0 heterocycles. The van der Waals surface area contributed by atoms with Crippen molar-refractivity contribution in [2.75, 3.05) is 13.2 Å². The van der Waals surface area contributed by atoms with Crippen LogP contribution in [0.1, 0.15) is 219 Å². The van der Waals surface area contributed by atoms with Crippen molar-refractivity contribution in [1.29, 1.82) is 0 Å². The Morgan fingerprint density at radius 3 is 1.27 bits per heavy atom. The zero-order valence-corrected chi connectivity index (χ0v) is 32.0. The van der Waals surface area contributed by atoms with Gasteiger partial charge in [-0.05, 0) is 44.9 Å². The predicted octanol–water partition coefficient (Wildman–Crippen LogP) is 13.1. The van der Waals surface area contributed by atoms with Crippen molar-refractivity contribution in [2.45, 2.75) is 225 Å². The van der Waals surface area contributed by atoms with E-state index in [1.807, 2.05) is 0 Å². The SMILES string of the molecule is CCCCC/C=C\C/C=C\CCCCCCCCCC(=O)OC(CO)COC(=O)CCCCCCCCCCCCCCCCCCC. The first-order chi connectivity index (χ1) is 23.6. The number of hydrogen-bond acceptors (Lipinski definition) is 5. The van der Waals surface area contributed by atoms with Gasteiger partial charge < -0.3 is 14.6 Å². The van der Waals surface area contributed by atoms with Crippen LogP contribution in [0, 0.1) is 0 Å². The number of carbonyl (C=O) groups excluding carboxylic acids is 2. The molecule has 0 spiro atoms. The highest BCUT2D eigenvalue weighted by atomic mass is 16.6. The fourth-order valence-electron chi connectivity index (χ4n) is 6.06. The van der Waals surface area contributed by atoms with Gasteiger partial charge in [0.1, 0.15) is 6.61 Å². The van der Waals surface area contributed by atoms with E-state index in [1.165, 1.54) is 141 Å². The number of esters is 2. The molecular weight excluding hydrogens is 596 g/mol. The van der Waals surface area contributed by atoms with Gasteiger partial charge in [0, 0.05) is 12.8 Å². The molecule has 0 aromatic carbocycles. The van der Waals surface area contributed by atoms with Crippen LogP contribution in [0.15, 0.2) is 24.3 Å². The topological polar surface area (TPSA) is 72.8 Å². The van der Waals surface area contributed by atoms with Gasteiger partial charge in [-0.2, -0.15) is 0 Å². The molecule has 0 saturated carbocycles.